The van der Waals surface area contributed by atoms with Crippen LogP contribution in [0.4, 0.5) is 18.9 Å². The third-order valence-corrected chi connectivity index (χ3v) is 3.57. The van der Waals surface area contributed by atoms with E-state index < -0.39 is 35.0 Å². The minimum atomic E-state index is -2.80. The van der Waals surface area contributed by atoms with Gasteiger partial charge in [-0.1, -0.05) is 0 Å². The van der Waals surface area contributed by atoms with E-state index in [0.717, 1.165) is 18.2 Å². The summed E-state index contributed by atoms with van der Waals surface area (Å²) >= 11 is 0. The van der Waals surface area contributed by atoms with Gasteiger partial charge in [-0.2, -0.15) is 0 Å². The molecule has 1 fully saturated rings. The Morgan fingerprint density at radius 1 is 1.21 bits per heavy atom. The maximum absolute atomic E-state index is 13.3. The molecule has 7 heteroatoms. The van der Waals surface area contributed by atoms with Gasteiger partial charge in [0.25, 0.3) is 5.69 Å². The van der Waals surface area contributed by atoms with Crippen LogP contribution in [0.1, 0.15) is 31.2 Å². The van der Waals surface area contributed by atoms with Crippen LogP contribution in [0.2, 0.25) is 0 Å². The van der Waals surface area contributed by atoms with E-state index in [1.54, 1.807) is 0 Å². The molecule has 0 aliphatic heterocycles. The fourth-order valence-corrected chi connectivity index (χ4v) is 2.40. The number of nitrogens with zero attached hydrogens (tertiary/aromatic N) is 1. The lowest BCUT2D eigenvalue weighted by molar-refractivity contribution is -0.386. The van der Waals surface area contributed by atoms with Crippen molar-refractivity contribution < 1.29 is 18.1 Å². The number of alkyl halides is 2. The molecular weight excluding hydrogens is 261 g/mol. The third kappa shape index (κ3) is 2.70. The van der Waals surface area contributed by atoms with Crippen molar-refractivity contribution in [2.45, 2.75) is 37.1 Å². The van der Waals surface area contributed by atoms with Gasteiger partial charge in [0.05, 0.1) is 10.5 Å². The zero-order valence-corrected chi connectivity index (χ0v) is 10.0. The van der Waals surface area contributed by atoms with Gasteiger partial charge >= 0.3 is 0 Å². The zero-order chi connectivity index (χ0) is 14.3. The second-order valence-corrected chi connectivity index (χ2v) is 4.93. The molecule has 0 atom stereocenters. The molecule has 104 valence electrons. The molecule has 4 nitrogen and oxygen atoms in total. The molecule has 0 bridgehead atoms. The van der Waals surface area contributed by atoms with E-state index in [1.165, 1.54) is 0 Å². The van der Waals surface area contributed by atoms with Gasteiger partial charge in [-0.25, -0.2) is 13.2 Å². The lowest BCUT2D eigenvalue weighted by Gasteiger charge is -2.37. The molecule has 1 aliphatic rings. The first-order valence-corrected chi connectivity index (χ1v) is 5.85. The van der Waals surface area contributed by atoms with Crippen molar-refractivity contribution >= 4 is 5.69 Å². The summed E-state index contributed by atoms with van der Waals surface area (Å²) in [5.41, 5.74) is 4.40. The average molecular weight is 274 g/mol. The molecule has 0 radical (unpaired) electrons. The van der Waals surface area contributed by atoms with Gasteiger partial charge in [-0.15, -0.1) is 0 Å². The summed E-state index contributed by atoms with van der Waals surface area (Å²) in [4.78, 5) is 10.3. The maximum atomic E-state index is 13.3. The van der Waals surface area contributed by atoms with Crippen molar-refractivity contribution in [3.8, 4) is 0 Å². The summed E-state index contributed by atoms with van der Waals surface area (Å²) in [5, 5.41) is 10.9. The predicted octanol–water partition coefficient (Wildman–Crippen LogP) is 3.10. The molecule has 1 aliphatic carbocycles. The molecule has 0 aromatic heterocycles. The fourth-order valence-electron chi connectivity index (χ4n) is 2.40. The van der Waals surface area contributed by atoms with Gasteiger partial charge in [-0.3, -0.25) is 10.1 Å². The van der Waals surface area contributed by atoms with Crippen LogP contribution in [0, 0.1) is 15.9 Å². The van der Waals surface area contributed by atoms with Crippen LogP contribution < -0.4 is 5.73 Å². The van der Waals surface area contributed by atoms with E-state index in [1.807, 2.05) is 0 Å². The minimum absolute atomic E-state index is 0.00648. The number of benzene rings is 1. The third-order valence-electron chi connectivity index (χ3n) is 3.57. The summed E-state index contributed by atoms with van der Waals surface area (Å²) in [6, 6.07) is 2.95. The van der Waals surface area contributed by atoms with Gasteiger partial charge < -0.3 is 5.73 Å². The SMILES string of the molecule is NC1(c2cc(F)ccc2[N+](=O)[O-])CCC(F)(F)CC1. The second kappa shape index (κ2) is 4.48. The second-order valence-electron chi connectivity index (χ2n) is 4.93. The van der Waals surface area contributed by atoms with Gasteiger partial charge in [0.15, 0.2) is 0 Å². The monoisotopic (exact) mass is 274 g/mol. The Labute approximate surface area is 107 Å². The van der Waals surface area contributed by atoms with Crippen LogP contribution in [0.15, 0.2) is 18.2 Å². The summed E-state index contributed by atoms with van der Waals surface area (Å²) in [5.74, 6) is -3.46. The number of nitro benzene ring substituents is 1. The summed E-state index contributed by atoms with van der Waals surface area (Å²) in [6.45, 7) is 0. The van der Waals surface area contributed by atoms with E-state index in [0.29, 0.717) is 0 Å². The highest BCUT2D eigenvalue weighted by atomic mass is 19.3. The van der Waals surface area contributed by atoms with E-state index in [2.05, 4.69) is 0 Å². The summed E-state index contributed by atoms with van der Waals surface area (Å²) in [6.07, 6.45) is -1.11. The van der Waals surface area contributed by atoms with Crippen LogP contribution in [0.5, 0.6) is 0 Å². The normalized spacial score (nSPS) is 21.1. The van der Waals surface area contributed by atoms with Gasteiger partial charge in [0.1, 0.15) is 5.82 Å². The first-order chi connectivity index (χ1) is 8.73. The highest BCUT2D eigenvalue weighted by molar-refractivity contribution is 5.45. The van der Waals surface area contributed by atoms with Gasteiger partial charge in [0.2, 0.25) is 5.92 Å². The predicted molar refractivity (Wildman–Crippen MR) is 62.3 cm³/mol. The Morgan fingerprint density at radius 3 is 2.32 bits per heavy atom. The number of hydrogen-bond donors (Lipinski definition) is 1. The number of halogens is 3. The molecular formula is C12H13F3N2O2. The topological polar surface area (TPSA) is 69.2 Å². The van der Waals surface area contributed by atoms with Crippen molar-refractivity contribution in [2.24, 2.45) is 5.73 Å². The Morgan fingerprint density at radius 2 is 1.79 bits per heavy atom. The van der Waals surface area contributed by atoms with Gasteiger partial charge in [-0.05, 0) is 25.0 Å². The molecule has 0 amide bonds. The van der Waals surface area contributed by atoms with Crippen molar-refractivity contribution in [1.29, 1.82) is 0 Å². The van der Waals surface area contributed by atoms with E-state index in [-0.39, 0.29) is 24.1 Å². The highest BCUT2D eigenvalue weighted by Gasteiger charge is 2.44. The van der Waals surface area contributed by atoms with Crippen LogP contribution in [0.3, 0.4) is 0 Å². The highest BCUT2D eigenvalue weighted by Crippen LogP contribution is 2.44. The van der Waals surface area contributed by atoms with Crippen LogP contribution >= 0.6 is 0 Å². The minimum Gasteiger partial charge on any atom is -0.321 e. The molecule has 1 aromatic carbocycles. The molecule has 0 saturated heterocycles. The van der Waals surface area contributed by atoms with Crippen LogP contribution in [-0.2, 0) is 5.54 Å². The quantitative estimate of drug-likeness (QED) is 0.665. The number of hydrogen-bond acceptors (Lipinski definition) is 3. The molecule has 0 unspecified atom stereocenters. The smallest absolute Gasteiger partial charge is 0.274 e. The van der Waals surface area contributed by atoms with Crippen molar-refractivity contribution in [3.63, 3.8) is 0 Å². The molecule has 1 saturated carbocycles. The Bertz CT molecular complexity index is 510. The van der Waals surface area contributed by atoms with Crippen LogP contribution in [-0.4, -0.2) is 10.8 Å². The standard InChI is InChI=1S/C12H13F3N2O2/c13-8-1-2-10(17(18)19)9(7-8)11(16)3-5-12(14,15)6-4-11/h1-2,7H,3-6,16H2. The average Bonchev–Trinajstić information content (AvgIpc) is 2.33. The molecule has 2 N–H and O–H groups in total. The van der Waals surface area contributed by atoms with E-state index in [9.17, 15) is 23.3 Å². The molecule has 2 rings (SSSR count). The molecule has 19 heavy (non-hydrogen) atoms. The first kappa shape index (κ1) is 13.8. The van der Waals surface area contributed by atoms with Crippen LogP contribution in [0.25, 0.3) is 0 Å². The summed E-state index contributed by atoms with van der Waals surface area (Å²) < 4.78 is 39.5. The fraction of sp³-hybridized carbons (Fsp3) is 0.500. The number of rotatable bonds is 2. The number of nitro groups is 1. The zero-order valence-electron chi connectivity index (χ0n) is 10.0. The number of nitrogens with two attached hydrogens (primary N) is 1. The maximum Gasteiger partial charge on any atom is 0.274 e. The van der Waals surface area contributed by atoms with Crippen molar-refractivity contribution in [3.05, 3.63) is 39.7 Å². The van der Waals surface area contributed by atoms with Gasteiger partial charge in [0, 0.05) is 24.4 Å². The Kier molecular flexibility index (Phi) is 3.25. The largest absolute Gasteiger partial charge is 0.321 e. The van der Waals surface area contributed by atoms with E-state index >= 15 is 0 Å². The lowest BCUT2D eigenvalue weighted by Crippen LogP contribution is -2.44. The Hall–Kier alpha value is -1.63. The van der Waals surface area contributed by atoms with E-state index in [4.69, 9.17) is 5.73 Å². The summed E-state index contributed by atoms with van der Waals surface area (Å²) in [7, 11) is 0. The first-order valence-electron chi connectivity index (χ1n) is 5.85. The molecule has 0 spiro atoms. The Balaban J connectivity index is 2.41. The molecule has 1 aromatic rings. The lowest BCUT2D eigenvalue weighted by atomic mass is 9.75. The molecule has 0 heterocycles. The van der Waals surface area contributed by atoms with Crippen molar-refractivity contribution in [2.75, 3.05) is 0 Å². The van der Waals surface area contributed by atoms with Crippen molar-refractivity contribution in [1.82, 2.24) is 0 Å².